The molecule has 0 aromatic rings. The highest BCUT2D eigenvalue weighted by Gasteiger charge is 2.27. The Labute approximate surface area is 365 Å². The van der Waals surface area contributed by atoms with Crippen molar-refractivity contribution in [2.75, 3.05) is 47.5 Å². The fourth-order valence-corrected chi connectivity index (χ4v) is 7.87. The van der Waals surface area contributed by atoms with Gasteiger partial charge in [0.2, 0.25) is 0 Å². The Bertz CT molecular complexity index is 1020. The second kappa shape index (κ2) is 42.1. The first-order valence-electron chi connectivity index (χ1n) is 24.9. The maximum atomic E-state index is 12.7. The monoisotopic (exact) mass is 859 g/mol. The molecule has 0 aromatic heterocycles. The molecule has 0 amide bonds. The van der Waals surface area contributed by atoms with Crippen LogP contribution in [0.4, 0.5) is 0 Å². The van der Waals surface area contributed by atoms with Crippen molar-refractivity contribution < 1.29 is 42.1 Å². The number of hydrogen-bond acceptors (Lipinski definition) is 7. The molecule has 0 aliphatic carbocycles. The van der Waals surface area contributed by atoms with Gasteiger partial charge in [0.15, 0.2) is 6.10 Å². The van der Waals surface area contributed by atoms with E-state index in [-0.39, 0.29) is 25.6 Å². The van der Waals surface area contributed by atoms with Gasteiger partial charge in [-0.1, -0.05) is 199 Å². The molecule has 9 nitrogen and oxygen atoms in total. The average molecular weight is 859 g/mol. The number of likely N-dealkylation sites (N-methyl/N-ethyl adjacent to an activating group) is 1. The van der Waals surface area contributed by atoms with Gasteiger partial charge in [-0.15, -0.1) is 0 Å². The lowest BCUT2D eigenvalue weighted by atomic mass is 10.0. The third-order valence-electron chi connectivity index (χ3n) is 11.0. The molecule has 0 bridgehead atoms. The third-order valence-corrected chi connectivity index (χ3v) is 12.0. The highest BCUT2D eigenvalue weighted by Crippen LogP contribution is 2.43. The highest BCUT2D eigenvalue weighted by atomic mass is 31.2. The van der Waals surface area contributed by atoms with Gasteiger partial charge in [-0.05, 0) is 38.5 Å². The first-order chi connectivity index (χ1) is 28.5. The molecule has 2 unspecified atom stereocenters. The van der Waals surface area contributed by atoms with Crippen LogP contribution in [0.1, 0.15) is 239 Å². The number of rotatable bonds is 46. The number of esters is 2. The summed E-state index contributed by atoms with van der Waals surface area (Å²) >= 11 is 0. The van der Waals surface area contributed by atoms with Gasteiger partial charge in [-0.25, -0.2) is 4.57 Å². The number of carbonyl (C=O) groups is 2. The van der Waals surface area contributed by atoms with E-state index in [2.05, 4.69) is 26.0 Å². The molecule has 0 spiro atoms. The third kappa shape index (κ3) is 46.1. The normalized spacial score (nSPS) is 13.5. The Morgan fingerprint density at radius 2 is 0.864 bits per heavy atom. The summed E-state index contributed by atoms with van der Waals surface area (Å²) in [4.78, 5) is 35.5. The topological polar surface area (TPSA) is 108 Å². The fraction of sp³-hybridized carbons (Fsp3) is 0.918. The summed E-state index contributed by atoms with van der Waals surface area (Å²) in [6, 6.07) is 0. The number of unbranched alkanes of at least 4 members (excludes halogenated alkanes) is 30. The number of carbonyl (C=O) groups excluding carboxylic acids is 2. The lowest BCUT2D eigenvalue weighted by molar-refractivity contribution is -0.870. The zero-order chi connectivity index (χ0) is 43.6. The van der Waals surface area contributed by atoms with Crippen LogP contribution in [-0.2, 0) is 32.7 Å². The van der Waals surface area contributed by atoms with Crippen molar-refractivity contribution in [2.24, 2.45) is 0 Å². The van der Waals surface area contributed by atoms with Crippen molar-refractivity contribution in [1.29, 1.82) is 0 Å². The largest absolute Gasteiger partial charge is 0.472 e. The number of nitrogens with zero attached hydrogens (tertiary/aromatic N) is 1. The van der Waals surface area contributed by atoms with Gasteiger partial charge >= 0.3 is 19.8 Å². The second-order valence-electron chi connectivity index (χ2n) is 18.2. The number of ether oxygens (including phenoxy) is 2. The van der Waals surface area contributed by atoms with Crippen molar-refractivity contribution in [1.82, 2.24) is 0 Å². The Kier molecular flexibility index (Phi) is 41.2. The fourth-order valence-electron chi connectivity index (χ4n) is 7.13. The second-order valence-corrected chi connectivity index (χ2v) is 19.7. The minimum absolute atomic E-state index is 0.0347. The molecule has 0 heterocycles. The van der Waals surface area contributed by atoms with Crippen LogP contribution < -0.4 is 0 Å². The molecule has 2 atom stereocenters. The number of phosphoric acid groups is 1. The van der Waals surface area contributed by atoms with Gasteiger partial charge in [-0.2, -0.15) is 0 Å². The quantitative estimate of drug-likeness (QED) is 0.0212. The molecule has 0 saturated heterocycles. The number of allylic oxidation sites excluding steroid dienone is 2. The van der Waals surface area contributed by atoms with Crippen molar-refractivity contribution >= 4 is 19.8 Å². The zero-order valence-corrected chi connectivity index (χ0v) is 40.4. The maximum Gasteiger partial charge on any atom is 0.472 e. The molecular weight excluding hydrogens is 762 g/mol. The number of quaternary nitrogens is 1. The van der Waals surface area contributed by atoms with Crippen LogP contribution in [0.25, 0.3) is 0 Å². The Morgan fingerprint density at radius 3 is 1.25 bits per heavy atom. The van der Waals surface area contributed by atoms with Crippen molar-refractivity contribution in [3.8, 4) is 0 Å². The van der Waals surface area contributed by atoms with Crippen molar-refractivity contribution in [3.63, 3.8) is 0 Å². The van der Waals surface area contributed by atoms with Crippen LogP contribution in [0.5, 0.6) is 0 Å². The molecule has 1 N–H and O–H groups in total. The molecule has 59 heavy (non-hydrogen) atoms. The van der Waals surface area contributed by atoms with E-state index >= 15 is 0 Å². The van der Waals surface area contributed by atoms with Gasteiger partial charge < -0.3 is 18.9 Å². The van der Waals surface area contributed by atoms with E-state index in [0.717, 1.165) is 32.1 Å². The summed E-state index contributed by atoms with van der Waals surface area (Å²) in [5, 5.41) is 0. The predicted octanol–water partition coefficient (Wildman–Crippen LogP) is 14.5. The van der Waals surface area contributed by atoms with E-state index in [0.29, 0.717) is 23.9 Å². The molecular formula is C49H97NO8P+. The number of phosphoric ester groups is 1. The Hall–Kier alpha value is -1.25. The van der Waals surface area contributed by atoms with Gasteiger partial charge in [0.1, 0.15) is 19.8 Å². The zero-order valence-electron chi connectivity index (χ0n) is 39.5. The summed E-state index contributed by atoms with van der Waals surface area (Å²) in [6.45, 7) is 4.46. The number of hydrogen-bond donors (Lipinski definition) is 1. The maximum absolute atomic E-state index is 12.7. The van der Waals surface area contributed by atoms with Crippen LogP contribution >= 0.6 is 7.82 Å². The summed E-state index contributed by atoms with van der Waals surface area (Å²) in [6.07, 6.45) is 45.4. The SMILES string of the molecule is CCCCCCCC/C=C\CCCCCCCCCCCC(=O)OC(COC(=O)CCCCCCCCCCCCCCCCCC)COP(=O)(O)OCC[N+](C)(C)C. The van der Waals surface area contributed by atoms with E-state index in [1.165, 1.54) is 173 Å². The van der Waals surface area contributed by atoms with Crippen LogP contribution in [0.15, 0.2) is 12.2 Å². The molecule has 0 saturated carbocycles. The van der Waals surface area contributed by atoms with E-state index in [1.807, 2.05) is 21.1 Å². The molecule has 350 valence electrons. The first kappa shape index (κ1) is 57.8. The summed E-state index contributed by atoms with van der Waals surface area (Å²) in [5.41, 5.74) is 0. The minimum Gasteiger partial charge on any atom is -0.462 e. The molecule has 0 aliphatic rings. The lowest BCUT2D eigenvalue weighted by Gasteiger charge is -2.24. The highest BCUT2D eigenvalue weighted by molar-refractivity contribution is 7.47. The Balaban J connectivity index is 4.25. The first-order valence-corrected chi connectivity index (χ1v) is 26.4. The van der Waals surface area contributed by atoms with E-state index in [4.69, 9.17) is 18.5 Å². The van der Waals surface area contributed by atoms with Gasteiger partial charge in [0.05, 0.1) is 27.7 Å². The summed E-state index contributed by atoms with van der Waals surface area (Å²) in [5.74, 6) is -0.786. The van der Waals surface area contributed by atoms with Gasteiger partial charge in [-0.3, -0.25) is 18.6 Å². The minimum atomic E-state index is -4.37. The molecule has 0 radical (unpaired) electrons. The Morgan fingerprint density at radius 1 is 0.508 bits per heavy atom. The predicted molar refractivity (Wildman–Crippen MR) is 248 cm³/mol. The van der Waals surface area contributed by atoms with Gasteiger partial charge in [0.25, 0.3) is 0 Å². The average Bonchev–Trinajstić information content (AvgIpc) is 3.19. The van der Waals surface area contributed by atoms with E-state index in [1.54, 1.807) is 0 Å². The van der Waals surface area contributed by atoms with Crippen LogP contribution in [0.3, 0.4) is 0 Å². The van der Waals surface area contributed by atoms with Crippen molar-refractivity contribution in [3.05, 3.63) is 12.2 Å². The molecule has 0 aromatic carbocycles. The standard InChI is InChI=1S/C49H96NO8P/c1-6-8-10-12-14-16-18-20-22-24-25-26-28-30-32-34-36-38-40-42-49(52)58-47(46-57-59(53,54)56-44-43-50(3,4)5)45-55-48(51)41-39-37-35-33-31-29-27-23-21-19-17-15-13-11-9-7-2/h20,22,47H,6-19,21,23-46H2,1-5H3/p+1/b22-20-. The smallest absolute Gasteiger partial charge is 0.462 e. The molecule has 10 heteroatoms. The van der Waals surface area contributed by atoms with Gasteiger partial charge in [0, 0.05) is 12.8 Å². The van der Waals surface area contributed by atoms with Crippen LogP contribution in [0, 0.1) is 0 Å². The van der Waals surface area contributed by atoms with Crippen LogP contribution in [0.2, 0.25) is 0 Å². The van der Waals surface area contributed by atoms with Crippen molar-refractivity contribution in [2.45, 2.75) is 245 Å². The summed E-state index contributed by atoms with van der Waals surface area (Å²) < 4.78 is 34.4. The van der Waals surface area contributed by atoms with E-state index < -0.39 is 26.5 Å². The molecule has 0 aliphatic heterocycles. The van der Waals surface area contributed by atoms with Crippen LogP contribution in [-0.4, -0.2) is 74.9 Å². The van der Waals surface area contributed by atoms with E-state index in [9.17, 15) is 19.0 Å². The lowest BCUT2D eigenvalue weighted by Crippen LogP contribution is -2.37. The molecule has 0 fully saturated rings. The summed E-state index contributed by atoms with van der Waals surface area (Å²) in [7, 11) is 1.49. The molecule has 0 rings (SSSR count).